The van der Waals surface area contributed by atoms with Gasteiger partial charge in [-0.2, -0.15) is 49.6 Å². The Hall–Kier alpha value is -5.45. The minimum Gasteiger partial charge on any atom is -0.413 e. The number of benzene rings is 4. The molecule has 8 nitrogen and oxygen atoms in total. The number of aromatic nitrogens is 8. The van der Waals surface area contributed by atoms with Gasteiger partial charge in [0, 0.05) is 49.1 Å². The van der Waals surface area contributed by atoms with E-state index < -0.39 is 12.0 Å². The van der Waals surface area contributed by atoms with Crippen LogP contribution in [0.5, 0.6) is 0 Å². The number of hydrogen-bond acceptors (Lipinski definition) is 3. The van der Waals surface area contributed by atoms with Gasteiger partial charge < -0.3 is 28.4 Å². The van der Waals surface area contributed by atoms with Crippen LogP contribution >= 0.6 is 0 Å². The minimum absolute atomic E-state index is 0. The summed E-state index contributed by atoms with van der Waals surface area (Å²) in [4.78, 5) is 7.05. The van der Waals surface area contributed by atoms with E-state index in [1.807, 2.05) is 35.4 Å². The van der Waals surface area contributed by atoms with Crippen LogP contribution in [0.4, 0.5) is 13.2 Å². The largest absolute Gasteiger partial charge is 0.429 e. The van der Waals surface area contributed by atoms with Gasteiger partial charge in [-0.15, -0.1) is 33.7 Å². The molecule has 0 atom stereocenters. The standard InChI is InChI=1S/2C16H15N2.C8H4F3N4.Ir/c2*1-12-13(2)18(11-17(12)3)16-10-6-8-14-7-4-5-9-15(14)16;9-8(10,11)7-13-6(14-15-7)5-3-1-2-4-12-5;/h2*4-9H,1-3H3;1-4H;/q3*-1;. The molecule has 52 heavy (non-hydrogen) atoms. The van der Waals surface area contributed by atoms with Gasteiger partial charge in [0.15, 0.2) is 0 Å². The van der Waals surface area contributed by atoms with Gasteiger partial charge in [-0.25, -0.2) is 0 Å². The Morgan fingerprint density at radius 1 is 0.673 bits per heavy atom. The predicted molar refractivity (Wildman–Crippen MR) is 187 cm³/mol. The van der Waals surface area contributed by atoms with E-state index in [1.54, 1.807) is 12.1 Å². The van der Waals surface area contributed by atoms with Crippen molar-refractivity contribution >= 4 is 21.5 Å². The van der Waals surface area contributed by atoms with Crippen LogP contribution in [0.2, 0.25) is 0 Å². The van der Waals surface area contributed by atoms with Crippen LogP contribution in [0, 0.1) is 52.5 Å². The van der Waals surface area contributed by atoms with Crippen molar-refractivity contribution in [3.63, 3.8) is 0 Å². The third-order valence-corrected chi connectivity index (χ3v) is 8.67. The van der Waals surface area contributed by atoms with E-state index in [0.29, 0.717) is 0 Å². The number of halogens is 3. The van der Waals surface area contributed by atoms with Crippen LogP contribution in [0.3, 0.4) is 0 Å². The Labute approximate surface area is 313 Å². The SMILES string of the molecule is Cc1c(C)[n+](C)[c-]n1-c1[c-]ccc2ccccc12.Cc1c(C)[n+](C)[c-]n1-c1[c-]ccc2ccccc12.FC(F)(F)c1n[n-]c(-c2ccccn2)n1.[Ir]. The quantitative estimate of drug-likeness (QED) is 0.144. The summed E-state index contributed by atoms with van der Waals surface area (Å²) in [6.07, 6.45) is 3.52. The molecule has 1 radical (unpaired) electrons. The van der Waals surface area contributed by atoms with E-state index in [2.05, 4.69) is 142 Å². The molecule has 0 spiro atoms. The topological polar surface area (TPSA) is 70.4 Å². The van der Waals surface area contributed by atoms with Gasteiger partial charge in [0.2, 0.25) is 12.7 Å². The summed E-state index contributed by atoms with van der Waals surface area (Å²) in [6, 6.07) is 36.3. The zero-order valence-electron chi connectivity index (χ0n) is 29.3. The first kappa shape index (κ1) is 37.8. The number of pyridine rings is 1. The number of rotatable bonds is 3. The fraction of sp³-hybridized carbons (Fsp3) is 0.175. The third kappa shape index (κ3) is 7.88. The van der Waals surface area contributed by atoms with E-state index in [9.17, 15) is 13.2 Å². The van der Waals surface area contributed by atoms with Gasteiger partial charge in [-0.05, 0) is 45.7 Å². The molecule has 0 saturated carbocycles. The molecule has 0 amide bonds. The molecular formula is C40H34F3IrN8-3. The normalized spacial score (nSPS) is 11.0. The zero-order chi connectivity index (χ0) is 36.3. The Balaban J connectivity index is 0.000000150. The van der Waals surface area contributed by atoms with Crippen molar-refractivity contribution in [2.24, 2.45) is 14.1 Å². The van der Waals surface area contributed by atoms with E-state index in [0.717, 1.165) is 11.4 Å². The summed E-state index contributed by atoms with van der Waals surface area (Å²) in [5.41, 5.74) is 7.23. The molecule has 0 fully saturated rings. The van der Waals surface area contributed by atoms with E-state index in [-0.39, 0.29) is 31.6 Å². The molecule has 8 rings (SSSR count). The van der Waals surface area contributed by atoms with Crippen molar-refractivity contribution in [2.45, 2.75) is 33.9 Å². The third-order valence-electron chi connectivity index (χ3n) is 8.67. The fourth-order valence-corrected chi connectivity index (χ4v) is 5.47. The van der Waals surface area contributed by atoms with Gasteiger partial charge in [-0.3, -0.25) is 10.1 Å². The molecule has 8 aromatic rings. The first-order valence-electron chi connectivity index (χ1n) is 16.0. The summed E-state index contributed by atoms with van der Waals surface area (Å²) in [6.45, 7) is 8.43. The maximum atomic E-state index is 12.1. The molecule has 0 N–H and O–H groups in total. The van der Waals surface area contributed by atoms with Crippen LogP contribution < -0.4 is 14.2 Å². The molecule has 267 valence electrons. The van der Waals surface area contributed by atoms with E-state index in [1.165, 1.54) is 56.6 Å². The van der Waals surface area contributed by atoms with Crippen LogP contribution in [0.15, 0.2) is 97.2 Å². The Kier molecular flexibility index (Phi) is 11.5. The smallest absolute Gasteiger partial charge is 0.413 e. The molecule has 0 aliphatic carbocycles. The molecule has 12 heteroatoms. The molecule has 0 unspecified atom stereocenters. The van der Waals surface area contributed by atoms with E-state index >= 15 is 0 Å². The molecule has 0 aliphatic heterocycles. The summed E-state index contributed by atoms with van der Waals surface area (Å²) in [5.74, 6) is -1.37. The number of aryl methyl sites for hydroxylation is 2. The molecule has 4 aromatic heterocycles. The maximum Gasteiger partial charge on any atom is 0.429 e. The first-order chi connectivity index (χ1) is 24.4. The summed E-state index contributed by atoms with van der Waals surface area (Å²) < 4.78 is 44.6. The average molecular weight is 876 g/mol. The van der Waals surface area contributed by atoms with Crippen molar-refractivity contribution < 1.29 is 42.4 Å². The number of hydrogen-bond donors (Lipinski definition) is 0. The van der Waals surface area contributed by atoms with E-state index in [4.69, 9.17) is 0 Å². The van der Waals surface area contributed by atoms with Gasteiger partial charge in [0.1, 0.15) is 5.82 Å². The van der Waals surface area contributed by atoms with Crippen molar-refractivity contribution in [1.82, 2.24) is 29.3 Å². The van der Waals surface area contributed by atoms with Crippen molar-refractivity contribution in [1.29, 1.82) is 0 Å². The van der Waals surface area contributed by atoms with Crippen LogP contribution in [-0.4, -0.2) is 24.2 Å². The number of imidazole rings is 2. The monoisotopic (exact) mass is 876 g/mol. The molecule has 4 heterocycles. The average Bonchev–Trinajstić information content (AvgIpc) is 3.82. The van der Waals surface area contributed by atoms with Gasteiger partial charge in [0.05, 0.1) is 19.8 Å². The Morgan fingerprint density at radius 2 is 1.15 bits per heavy atom. The fourth-order valence-electron chi connectivity index (χ4n) is 5.47. The Bertz CT molecular complexity index is 2310. The van der Waals surface area contributed by atoms with Crippen molar-refractivity contribution in [3.8, 4) is 22.9 Å². The zero-order valence-corrected chi connectivity index (χ0v) is 31.7. The van der Waals surface area contributed by atoms with Crippen LogP contribution in [0.25, 0.3) is 44.4 Å². The van der Waals surface area contributed by atoms with Gasteiger partial charge in [0.25, 0.3) is 0 Å². The van der Waals surface area contributed by atoms with Crippen LogP contribution in [0.1, 0.15) is 28.6 Å². The van der Waals surface area contributed by atoms with Crippen LogP contribution in [-0.2, 0) is 40.4 Å². The second kappa shape index (κ2) is 15.8. The summed E-state index contributed by atoms with van der Waals surface area (Å²) in [5, 5.41) is 11.1. The summed E-state index contributed by atoms with van der Waals surface area (Å²) in [7, 11) is 4.04. The number of fused-ring (bicyclic) bond motifs is 2. The number of nitrogens with zero attached hydrogens (tertiary/aromatic N) is 8. The second-order valence-electron chi connectivity index (χ2n) is 11.8. The summed E-state index contributed by atoms with van der Waals surface area (Å²) >= 11 is 0. The Morgan fingerprint density at radius 3 is 1.56 bits per heavy atom. The number of alkyl halides is 3. The first-order valence-corrected chi connectivity index (χ1v) is 16.0. The predicted octanol–water partition coefficient (Wildman–Crippen LogP) is 6.86. The molecule has 0 aliphatic rings. The molecule has 4 aromatic carbocycles. The van der Waals surface area contributed by atoms with Crippen molar-refractivity contribution in [2.75, 3.05) is 0 Å². The molecular weight excluding hydrogens is 842 g/mol. The minimum atomic E-state index is -4.57. The maximum absolute atomic E-state index is 12.1. The van der Waals surface area contributed by atoms with Gasteiger partial charge in [-0.1, -0.05) is 53.8 Å². The van der Waals surface area contributed by atoms with Crippen molar-refractivity contribution in [3.05, 3.63) is 151 Å². The molecule has 0 bridgehead atoms. The molecule has 0 saturated heterocycles. The van der Waals surface area contributed by atoms with Gasteiger partial charge >= 0.3 is 6.18 Å². The second-order valence-corrected chi connectivity index (χ2v) is 11.8.